The Morgan fingerprint density at radius 2 is 2.00 bits per heavy atom. The molecule has 0 aromatic heterocycles. The quantitative estimate of drug-likeness (QED) is 0.525. The second kappa shape index (κ2) is 3.92. The molecule has 1 unspecified atom stereocenters. The summed E-state index contributed by atoms with van der Waals surface area (Å²) in [5.41, 5.74) is 10.8. The molecule has 17 heavy (non-hydrogen) atoms. The number of primary amides is 1. The summed E-state index contributed by atoms with van der Waals surface area (Å²) in [6.07, 6.45) is 0. The third kappa shape index (κ3) is 1.47. The largest absolute Gasteiger partial charge is 0.383 e. The van der Waals surface area contributed by atoms with E-state index < -0.39 is 17.5 Å². The molecule has 1 atom stereocenters. The first kappa shape index (κ1) is 12.2. The zero-order valence-corrected chi connectivity index (χ0v) is 8.93. The smallest absolute Gasteiger partial charge is 0.331 e. The molecule has 0 saturated heterocycles. The standard InChI is InChI=1S/C9H9N7O/c1-5-9(3-11,4-12)6(2-10)7(13)16(5)15-8(14)17/h5H,13H2,1H3,(H3,14,15,17). The van der Waals surface area contributed by atoms with Gasteiger partial charge in [-0.1, -0.05) is 0 Å². The summed E-state index contributed by atoms with van der Waals surface area (Å²) < 4.78 is 0. The van der Waals surface area contributed by atoms with Gasteiger partial charge in [0.25, 0.3) is 0 Å². The van der Waals surface area contributed by atoms with Crippen LogP contribution in [0, 0.1) is 39.4 Å². The lowest BCUT2D eigenvalue weighted by Gasteiger charge is -2.27. The van der Waals surface area contributed by atoms with Crippen molar-refractivity contribution in [2.24, 2.45) is 16.9 Å². The van der Waals surface area contributed by atoms with Crippen LogP contribution in [0.15, 0.2) is 11.4 Å². The van der Waals surface area contributed by atoms with Crippen molar-refractivity contribution in [3.05, 3.63) is 11.4 Å². The summed E-state index contributed by atoms with van der Waals surface area (Å²) in [4.78, 5) is 10.8. The molecule has 0 saturated carbocycles. The van der Waals surface area contributed by atoms with Crippen LogP contribution in [0.25, 0.3) is 0 Å². The van der Waals surface area contributed by atoms with E-state index in [1.165, 1.54) is 6.92 Å². The Bertz CT molecular complexity index is 501. The Labute approximate surface area is 97.3 Å². The fraction of sp³-hybridized carbons (Fsp3) is 0.333. The van der Waals surface area contributed by atoms with E-state index in [0.29, 0.717) is 0 Å². The van der Waals surface area contributed by atoms with Gasteiger partial charge in [0, 0.05) is 0 Å². The third-order valence-electron chi connectivity index (χ3n) is 2.62. The first-order chi connectivity index (χ1) is 7.94. The van der Waals surface area contributed by atoms with Crippen LogP contribution in [0.2, 0.25) is 0 Å². The number of urea groups is 1. The lowest BCUT2D eigenvalue weighted by atomic mass is 9.80. The molecular weight excluding hydrogens is 222 g/mol. The van der Waals surface area contributed by atoms with E-state index in [9.17, 15) is 4.79 Å². The van der Waals surface area contributed by atoms with E-state index in [2.05, 4.69) is 5.43 Å². The number of amides is 2. The molecule has 86 valence electrons. The lowest BCUT2D eigenvalue weighted by molar-refractivity contribution is 0.172. The van der Waals surface area contributed by atoms with Crippen LogP contribution < -0.4 is 16.9 Å². The van der Waals surface area contributed by atoms with Crippen LogP contribution in [-0.2, 0) is 0 Å². The minimum absolute atomic E-state index is 0.151. The van der Waals surface area contributed by atoms with E-state index in [1.807, 2.05) is 0 Å². The summed E-state index contributed by atoms with van der Waals surface area (Å²) in [7, 11) is 0. The van der Waals surface area contributed by atoms with Crippen LogP contribution >= 0.6 is 0 Å². The zero-order chi connectivity index (χ0) is 13.2. The molecule has 2 amide bonds. The minimum atomic E-state index is -1.71. The van der Waals surface area contributed by atoms with E-state index >= 15 is 0 Å². The molecule has 0 aromatic rings. The van der Waals surface area contributed by atoms with E-state index in [-0.39, 0.29) is 11.4 Å². The Balaban J connectivity index is 3.35. The molecule has 8 heteroatoms. The molecule has 1 aliphatic heterocycles. The first-order valence-electron chi connectivity index (χ1n) is 4.52. The van der Waals surface area contributed by atoms with Gasteiger partial charge < -0.3 is 11.5 Å². The summed E-state index contributed by atoms with van der Waals surface area (Å²) in [6, 6.07) is 3.52. The molecule has 5 N–H and O–H groups in total. The van der Waals surface area contributed by atoms with Gasteiger partial charge in [-0.3, -0.25) is 5.01 Å². The minimum Gasteiger partial charge on any atom is -0.383 e. The highest BCUT2D eigenvalue weighted by Crippen LogP contribution is 2.40. The fourth-order valence-corrected chi connectivity index (χ4v) is 1.68. The number of nitrogens with one attached hydrogen (secondary N) is 1. The number of hydrazine groups is 1. The summed E-state index contributed by atoms with van der Waals surface area (Å²) in [5, 5.41) is 28.1. The lowest BCUT2D eigenvalue weighted by Crippen LogP contribution is -2.51. The van der Waals surface area contributed by atoms with Crippen LogP contribution in [0.3, 0.4) is 0 Å². The predicted octanol–water partition coefficient (Wildman–Crippen LogP) is -0.999. The number of hydrogen-bond acceptors (Lipinski definition) is 6. The van der Waals surface area contributed by atoms with Crippen molar-refractivity contribution < 1.29 is 4.79 Å². The maximum Gasteiger partial charge on any atom is 0.331 e. The molecular formula is C9H9N7O. The van der Waals surface area contributed by atoms with Gasteiger partial charge in [0.15, 0.2) is 0 Å². The number of hydrogen-bond donors (Lipinski definition) is 3. The molecule has 0 aliphatic carbocycles. The number of carbonyl (C=O) groups excluding carboxylic acids is 1. The second-order valence-corrected chi connectivity index (χ2v) is 3.43. The maximum atomic E-state index is 10.8. The van der Waals surface area contributed by atoms with Crippen LogP contribution in [0.5, 0.6) is 0 Å². The fourth-order valence-electron chi connectivity index (χ4n) is 1.68. The maximum absolute atomic E-state index is 10.8. The number of nitrogens with zero attached hydrogens (tertiary/aromatic N) is 4. The van der Waals surface area contributed by atoms with Crippen molar-refractivity contribution in [1.29, 1.82) is 15.8 Å². The second-order valence-electron chi connectivity index (χ2n) is 3.43. The van der Waals surface area contributed by atoms with Gasteiger partial charge in [0.05, 0.1) is 18.2 Å². The molecule has 1 rings (SSSR count). The van der Waals surface area contributed by atoms with Crippen LogP contribution in [0.1, 0.15) is 6.92 Å². The van der Waals surface area contributed by atoms with Gasteiger partial charge in [-0.2, -0.15) is 15.8 Å². The van der Waals surface area contributed by atoms with Crippen molar-refractivity contribution in [3.63, 3.8) is 0 Å². The van der Waals surface area contributed by atoms with Crippen molar-refractivity contribution in [2.45, 2.75) is 13.0 Å². The van der Waals surface area contributed by atoms with Gasteiger partial charge in [-0.25, -0.2) is 10.2 Å². The van der Waals surface area contributed by atoms with E-state index in [0.717, 1.165) is 5.01 Å². The zero-order valence-electron chi connectivity index (χ0n) is 8.93. The molecule has 0 fully saturated rings. The number of rotatable bonds is 1. The monoisotopic (exact) mass is 231 g/mol. The normalized spacial score (nSPS) is 21.3. The highest BCUT2D eigenvalue weighted by molar-refractivity contribution is 5.71. The van der Waals surface area contributed by atoms with Crippen molar-refractivity contribution in [3.8, 4) is 18.2 Å². The van der Waals surface area contributed by atoms with Crippen LogP contribution in [-0.4, -0.2) is 17.1 Å². The van der Waals surface area contributed by atoms with Gasteiger partial charge in [0.2, 0.25) is 5.41 Å². The highest BCUT2D eigenvalue weighted by Gasteiger charge is 2.52. The number of nitriles is 3. The molecule has 0 bridgehead atoms. The Morgan fingerprint density at radius 1 is 1.47 bits per heavy atom. The Morgan fingerprint density at radius 3 is 2.29 bits per heavy atom. The Kier molecular flexibility index (Phi) is 2.80. The number of nitrogens with two attached hydrogens (primary N) is 2. The SMILES string of the molecule is CC1N(NC(N)=O)C(N)=C(C#N)C1(C#N)C#N. The average molecular weight is 231 g/mol. The molecule has 1 heterocycles. The van der Waals surface area contributed by atoms with Gasteiger partial charge in [-0.15, -0.1) is 0 Å². The molecule has 1 aliphatic rings. The summed E-state index contributed by atoms with van der Waals surface area (Å²) >= 11 is 0. The predicted molar refractivity (Wildman–Crippen MR) is 54.5 cm³/mol. The van der Waals surface area contributed by atoms with E-state index in [4.69, 9.17) is 27.3 Å². The molecule has 0 spiro atoms. The summed E-state index contributed by atoms with van der Waals surface area (Å²) in [5.74, 6) is -0.151. The van der Waals surface area contributed by atoms with Crippen molar-refractivity contribution >= 4 is 6.03 Å². The number of carbonyl (C=O) groups is 1. The average Bonchev–Trinajstić information content (AvgIpc) is 2.49. The molecule has 0 radical (unpaired) electrons. The Hall–Kier alpha value is -2.92. The van der Waals surface area contributed by atoms with Gasteiger partial charge >= 0.3 is 6.03 Å². The van der Waals surface area contributed by atoms with Crippen molar-refractivity contribution in [2.75, 3.05) is 0 Å². The summed E-state index contributed by atoms with van der Waals surface area (Å²) in [6.45, 7) is 1.49. The third-order valence-corrected chi connectivity index (χ3v) is 2.62. The topological polar surface area (TPSA) is 156 Å². The van der Waals surface area contributed by atoms with Crippen LogP contribution in [0.4, 0.5) is 4.79 Å². The van der Waals surface area contributed by atoms with E-state index in [1.54, 1.807) is 18.2 Å². The highest BCUT2D eigenvalue weighted by atomic mass is 16.2. The van der Waals surface area contributed by atoms with Crippen molar-refractivity contribution in [1.82, 2.24) is 10.4 Å². The first-order valence-corrected chi connectivity index (χ1v) is 4.52. The van der Waals surface area contributed by atoms with Gasteiger partial charge in [0.1, 0.15) is 17.5 Å². The molecule has 8 nitrogen and oxygen atoms in total. The van der Waals surface area contributed by atoms with Gasteiger partial charge in [-0.05, 0) is 6.92 Å². The molecule has 0 aromatic carbocycles.